The molecule has 6 atom stereocenters. The molecule has 4 aliphatic rings. The number of allylic oxidation sites excluding steroid dienone is 1. The summed E-state index contributed by atoms with van der Waals surface area (Å²) in [5, 5.41) is 0. The summed E-state index contributed by atoms with van der Waals surface area (Å²) in [6, 6.07) is 0. The van der Waals surface area contributed by atoms with Gasteiger partial charge in [0.25, 0.3) is 0 Å². The molecule has 152 valence electrons. The number of carbonyl (C=O) groups excluding carboxylic acids is 1. The number of ether oxygens (including phenoxy) is 1. The van der Waals surface area contributed by atoms with E-state index in [9.17, 15) is 4.79 Å². The molecular formula is C24H39NO2. The second-order valence-corrected chi connectivity index (χ2v) is 11.4. The molecule has 2 aliphatic heterocycles. The zero-order valence-electron chi connectivity index (χ0n) is 17.9. The van der Waals surface area contributed by atoms with Crippen LogP contribution in [-0.2, 0) is 9.53 Å². The van der Waals surface area contributed by atoms with E-state index in [0.717, 1.165) is 38.4 Å². The van der Waals surface area contributed by atoms with Gasteiger partial charge in [0, 0.05) is 19.0 Å². The number of rotatable bonds is 2. The van der Waals surface area contributed by atoms with E-state index in [1.165, 1.54) is 37.7 Å². The lowest BCUT2D eigenvalue weighted by Gasteiger charge is -2.50. The molecule has 0 radical (unpaired) electrons. The molecular weight excluding hydrogens is 334 g/mol. The van der Waals surface area contributed by atoms with E-state index in [2.05, 4.69) is 39.2 Å². The van der Waals surface area contributed by atoms with E-state index in [-0.39, 0.29) is 18.0 Å². The second kappa shape index (κ2) is 6.90. The van der Waals surface area contributed by atoms with Crippen LogP contribution in [0, 0.1) is 34.5 Å². The van der Waals surface area contributed by atoms with Crippen LogP contribution in [0.15, 0.2) is 12.2 Å². The first-order chi connectivity index (χ1) is 12.7. The Morgan fingerprint density at radius 2 is 2.04 bits per heavy atom. The summed E-state index contributed by atoms with van der Waals surface area (Å²) in [7, 11) is 0. The van der Waals surface area contributed by atoms with Crippen LogP contribution in [0.25, 0.3) is 0 Å². The van der Waals surface area contributed by atoms with Gasteiger partial charge in [-0.2, -0.15) is 0 Å². The number of carbonyl (C=O) groups is 1. The molecule has 0 bridgehead atoms. The average Bonchev–Trinajstić information content (AvgIpc) is 2.76. The van der Waals surface area contributed by atoms with Crippen LogP contribution in [-0.4, -0.2) is 36.6 Å². The molecule has 0 aromatic rings. The lowest BCUT2D eigenvalue weighted by atomic mass is 9.55. The molecule has 0 aromatic heterocycles. The Bertz CT molecular complexity index is 612. The summed E-state index contributed by atoms with van der Waals surface area (Å²) >= 11 is 0. The van der Waals surface area contributed by atoms with Gasteiger partial charge in [-0.1, -0.05) is 39.8 Å². The maximum atomic E-state index is 12.8. The van der Waals surface area contributed by atoms with Gasteiger partial charge in [0.05, 0.1) is 5.92 Å². The van der Waals surface area contributed by atoms with Crippen molar-refractivity contribution in [3.63, 3.8) is 0 Å². The van der Waals surface area contributed by atoms with E-state index in [4.69, 9.17) is 4.74 Å². The lowest BCUT2D eigenvalue weighted by Crippen LogP contribution is -2.46. The third-order valence-corrected chi connectivity index (χ3v) is 8.27. The average molecular weight is 374 g/mol. The van der Waals surface area contributed by atoms with Crippen molar-refractivity contribution in [1.82, 2.24) is 4.90 Å². The van der Waals surface area contributed by atoms with Gasteiger partial charge in [0.2, 0.25) is 0 Å². The first kappa shape index (κ1) is 19.5. The molecule has 0 amide bonds. The summed E-state index contributed by atoms with van der Waals surface area (Å²) < 4.78 is 5.98. The van der Waals surface area contributed by atoms with E-state index in [1.807, 2.05) is 0 Å². The van der Waals surface area contributed by atoms with Gasteiger partial charge in [0.1, 0.15) is 6.10 Å². The molecule has 3 heteroatoms. The molecule has 0 aromatic carbocycles. The summed E-state index contributed by atoms with van der Waals surface area (Å²) in [6.07, 6.45) is 8.53. The summed E-state index contributed by atoms with van der Waals surface area (Å²) in [4.78, 5) is 15.4. The highest BCUT2D eigenvalue weighted by Crippen LogP contribution is 2.57. The molecule has 4 rings (SSSR count). The summed E-state index contributed by atoms with van der Waals surface area (Å²) in [5.74, 6) is 1.90. The van der Waals surface area contributed by atoms with Gasteiger partial charge in [-0.05, 0) is 74.2 Å². The minimum atomic E-state index is 0.0680. The van der Waals surface area contributed by atoms with Crippen molar-refractivity contribution < 1.29 is 9.53 Å². The minimum Gasteiger partial charge on any atom is -0.462 e. The van der Waals surface area contributed by atoms with Crippen LogP contribution in [0.1, 0.15) is 72.6 Å². The van der Waals surface area contributed by atoms with E-state index >= 15 is 0 Å². The molecule has 0 spiro atoms. The highest BCUT2D eigenvalue weighted by molar-refractivity contribution is 5.75. The maximum Gasteiger partial charge on any atom is 0.310 e. The van der Waals surface area contributed by atoms with Crippen molar-refractivity contribution in [2.24, 2.45) is 34.5 Å². The number of fused-ring (bicyclic) bond motifs is 2. The van der Waals surface area contributed by atoms with E-state index in [1.54, 1.807) is 0 Å². The predicted octanol–water partition coefficient (Wildman–Crippen LogP) is 5.06. The van der Waals surface area contributed by atoms with Crippen molar-refractivity contribution >= 4 is 5.97 Å². The highest BCUT2D eigenvalue weighted by atomic mass is 16.6. The second-order valence-electron chi connectivity index (χ2n) is 11.4. The molecule has 2 saturated carbocycles. The number of hydrogen-bond acceptors (Lipinski definition) is 3. The van der Waals surface area contributed by atoms with Crippen LogP contribution in [0.2, 0.25) is 0 Å². The molecule has 3 nitrogen and oxygen atoms in total. The zero-order chi connectivity index (χ0) is 19.4. The van der Waals surface area contributed by atoms with Crippen molar-refractivity contribution in [3.8, 4) is 0 Å². The highest BCUT2D eigenvalue weighted by Gasteiger charge is 2.55. The van der Waals surface area contributed by atoms with Crippen LogP contribution >= 0.6 is 0 Å². The van der Waals surface area contributed by atoms with Gasteiger partial charge in [-0.25, -0.2) is 0 Å². The van der Waals surface area contributed by atoms with Crippen molar-refractivity contribution in [2.45, 2.75) is 78.7 Å². The van der Waals surface area contributed by atoms with Crippen LogP contribution in [0.5, 0.6) is 0 Å². The topological polar surface area (TPSA) is 29.5 Å². The zero-order valence-corrected chi connectivity index (χ0v) is 17.9. The van der Waals surface area contributed by atoms with Crippen LogP contribution in [0.4, 0.5) is 0 Å². The van der Waals surface area contributed by atoms with Crippen LogP contribution in [0.3, 0.4) is 0 Å². The third-order valence-electron chi connectivity index (χ3n) is 8.27. The summed E-state index contributed by atoms with van der Waals surface area (Å²) in [6.45, 7) is 17.1. The van der Waals surface area contributed by atoms with Gasteiger partial charge < -0.3 is 9.64 Å². The first-order valence-corrected chi connectivity index (χ1v) is 11.3. The monoisotopic (exact) mass is 373 g/mol. The molecule has 0 N–H and O–H groups in total. The number of likely N-dealkylation sites (tertiary alicyclic amines) is 1. The first-order valence-electron chi connectivity index (χ1n) is 11.3. The Morgan fingerprint density at radius 3 is 2.81 bits per heavy atom. The van der Waals surface area contributed by atoms with E-state index < -0.39 is 0 Å². The Morgan fingerprint density at radius 1 is 1.26 bits per heavy atom. The predicted molar refractivity (Wildman–Crippen MR) is 109 cm³/mol. The van der Waals surface area contributed by atoms with Crippen molar-refractivity contribution in [2.75, 3.05) is 19.6 Å². The number of nitrogens with zero attached hydrogens (tertiary/aromatic N) is 1. The molecule has 0 unspecified atom stereocenters. The van der Waals surface area contributed by atoms with Gasteiger partial charge >= 0.3 is 5.97 Å². The summed E-state index contributed by atoms with van der Waals surface area (Å²) in [5.41, 5.74) is 2.07. The largest absolute Gasteiger partial charge is 0.462 e. The quantitative estimate of drug-likeness (QED) is 0.500. The Labute approximate surface area is 165 Å². The Balaban J connectivity index is 1.49. The fourth-order valence-electron chi connectivity index (χ4n) is 7.10. The van der Waals surface area contributed by atoms with Crippen molar-refractivity contribution in [3.05, 3.63) is 12.2 Å². The maximum absolute atomic E-state index is 12.8. The normalized spacial score (nSPS) is 45.0. The Hall–Kier alpha value is -0.830. The van der Waals surface area contributed by atoms with E-state index in [0.29, 0.717) is 22.7 Å². The van der Waals surface area contributed by atoms with Gasteiger partial charge in [0.15, 0.2) is 0 Å². The third kappa shape index (κ3) is 3.73. The minimum absolute atomic E-state index is 0.0680. The van der Waals surface area contributed by atoms with Crippen LogP contribution < -0.4 is 0 Å². The SMILES string of the molecule is C=C1CCC[C@@]2(C)C[C@@H]3OC(=O)[C@@H](CN4CC[C@@H](C)CC(C)(C)C4)[C@H]3C[C@H]12. The molecule has 27 heavy (non-hydrogen) atoms. The smallest absolute Gasteiger partial charge is 0.310 e. The number of hydrogen-bond donors (Lipinski definition) is 0. The Kier molecular flexibility index (Phi) is 4.98. The lowest BCUT2D eigenvalue weighted by molar-refractivity contribution is -0.146. The fraction of sp³-hybridized carbons (Fsp3) is 0.875. The fourth-order valence-corrected chi connectivity index (χ4v) is 7.10. The molecule has 2 heterocycles. The van der Waals surface area contributed by atoms with Gasteiger partial charge in [-0.15, -0.1) is 0 Å². The van der Waals surface area contributed by atoms with Gasteiger partial charge in [-0.3, -0.25) is 4.79 Å². The molecule has 2 saturated heterocycles. The molecule has 2 aliphatic carbocycles. The number of esters is 1. The van der Waals surface area contributed by atoms with Crippen molar-refractivity contribution in [1.29, 1.82) is 0 Å². The standard InChI is InChI=1S/C24H39NO2/c1-16-8-10-25(15-23(3,4)12-16)14-19-18-11-20-17(2)7-6-9-24(20,5)13-21(18)27-22(19)26/h16,18-21H,2,6-15H2,1,3-5H3/t16-,18-,19+,20-,21+,24+/m1/s1. The molecule has 4 fully saturated rings.